The smallest absolute Gasteiger partial charge is 0.239 e. The SMILES string of the molecule is O=C(C1CC2CC(F)C(Cl)CC2N1)N1CCC2NC(NCC3(O)CCC3)SC2C1. The van der Waals surface area contributed by atoms with Gasteiger partial charge in [0.25, 0.3) is 0 Å². The minimum Gasteiger partial charge on any atom is -0.389 e. The van der Waals surface area contributed by atoms with Crippen LogP contribution in [-0.4, -0.2) is 81.6 Å². The molecule has 3 heterocycles. The van der Waals surface area contributed by atoms with Gasteiger partial charge in [0, 0.05) is 37.0 Å². The van der Waals surface area contributed by atoms with Crippen LogP contribution in [0, 0.1) is 5.92 Å². The molecule has 5 rings (SSSR count). The first-order valence-corrected chi connectivity index (χ1v) is 12.5. The third-order valence-corrected chi connectivity index (χ3v) is 9.52. The summed E-state index contributed by atoms with van der Waals surface area (Å²) >= 11 is 7.95. The molecule has 29 heavy (non-hydrogen) atoms. The predicted octanol–water partition coefficient (Wildman–Crippen LogP) is 1.17. The second kappa shape index (κ2) is 8.10. The Morgan fingerprint density at radius 1 is 1.28 bits per heavy atom. The first-order valence-electron chi connectivity index (χ1n) is 11.1. The molecule has 0 spiro atoms. The van der Waals surface area contributed by atoms with Crippen LogP contribution in [0.1, 0.15) is 44.9 Å². The van der Waals surface area contributed by atoms with E-state index >= 15 is 0 Å². The van der Waals surface area contributed by atoms with Crippen LogP contribution in [0.5, 0.6) is 0 Å². The number of carbonyl (C=O) groups is 1. The standard InChI is InChI=1S/C20H32ClFN4O2S/c21-12-8-15-11(6-13(12)22)7-16(24-15)18(27)26-5-2-14-17(9-26)29-19(25-14)23-10-20(28)3-1-4-20/h11-17,19,23-25,28H,1-10H2. The summed E-state index contributed by atoms with van der Waals surface area (Å²) in [5.41, 5.74) is -0.386. The van der Waals surface area contributed by atoms with Crippen LogP contribution in [0.4, 0.5) is 4.39 Å². The third kappa shape index (κ3) is 4.17. The van der Waals surface area contributed by atoms with Gasteiger partial charge in [0.15, 0.2) is 0 Å². The van der Waals surface area contributed by atoms with E-state index in [2.05, 4.69) is 16.0 Å². The Hall–Kier alpha value is -0.120. The number of carbonyl (C=O) groups excluding carboxylic acids is 1. The molecule has 1 amide bonds. The van der Waals surface area contributed by atoms with Gasteiger partial charge in [0.05, 0.1) is 17.0 Å². The highest BCUT2D eigenvalue weighted by molar-refractivity contribution is 8.00. The van der Waals surface area contributed by atoms with Crippen LogP contribution < -0.4 is 16.0 Å². The molecular formula is C20H32ClFN4O2S. The summed E-state index contributed by atoms with van der Waals surface area (Å²) in [6, 6.07) is 0.377. The van der Waals surface area contributed by atoms with Gasteiger partial charge >= 0.3 is 0 Å². The maximum atomic E-state index is 14.0. The highest BCUT2D eigenvalue weighted by Crippen LogP contribution is 2.38. The van der Waals surface area contributed by atoms with Gasteiger partial charge in [-0.05, 0) is 50.9 Å². The number of hydrogen-bond acceptors (Lipinski definition) is 6. The summed E-state index contributed by atoms with van der Waals surface area (Å²) in [6.45, 7) is 2.15. The van der Waals surface area contributed by atoms with E-state index in [9.17, 15) is 14.3 Å². The summed E-state index contributed by atoms with van der Waals surface area (Å²) in [5.74, 6) is 0.389. The molecular weight excluding hydrogens is 415 g/mol. The molecule has 6 nitrogen and oxygen atoms in total. The van der Waals surface area contributed by atoms with Crippen molar-refractivity contribution in [3.05, 3.63) is 0 Å². The fourth-order valence-electron chi connectivity index (χ4n) is 5.68. The molecule has 2 aliphatic carbocycles. The fourth-order valence-corrected chi connectivity index (χ4v) is 7.42. The molecule has 0 aromatic rings. The molecule has 0 aromatic carbocycles. The van der Waals surface area contributed by atoms with Crippen molar-refractivity contribution in [3.63, 3.8) is 0 Å². The van der Waals surface area contributed by atoms with E-state index in [4.69, 9.17) is 11.6 Å². The number of halogens is 2. The summed E-state index contributed by atoms with van der Waals surface area (Å²) < 4.78 is 14.0. The van der Waals surface area contributed by atoms with Crippen LogP contribution in [-0.2, 0) is 4.79 Å². The zero-order chi connectivity index (χ0) is 20.2. The monoisotopic (exact) mass is 446 g/mol. The van der Waals surface area contributed by atoms with Crippen LogP contribution >= 0.6 is 23.4 Å². The Labute approximate surface area is 181 Å². The fraction of sp³-hybridized carbons (Fsp3) is 0.950. The van der Waals surface area contributed by atoms with Crippen molar-refractivity contribution in [2.45, 2.75) is 91.0 Å². The molecule has 8 atom stereocenters. The van der Waals surface area contributed by atoms with Gasteiger partial charge in [-0.1, -0.05) is 0 Å². The van der Waals surface area contributed by atoms with Gasteiger partial charge in [-0.3, -0.25) is 15.4 Å². The highest BCUT2D eigenvalue weighted by atomic mass is 35.5. The summed E-state index contributed by atoms with van der Waals surface area (Å²) in [6.07, 6.45) is 4.69. The second-order valence-corrected chi connectivity index (χ2v) is 11.6. The maximum absolute atomic E-state index is 14.0. The molecule has 5 fully saturated rings. The minimum atomic E-state index is -0.951. The lowest BCUT2D eigenvalue weighted by molar-refractivity contribution is -0.134. The number of nitrogens with zero attached hydrogens (tertiary/aromatic N) is 1. The molecule has 2 saturated carbocycles. The number of fused-ring (bicyclic) bond motifs is 2. The normalized spacial score (nSPS) is 46.1. The Morgan fingerprint density at radius 3 is 2.86 bits per heavy atom. The first kappa shape index (κ1) is 20.8. The van der Waals surface area contributed by atoms with Crippen molar-refractivity contribution < 1.29 is 14.3 Å². The van der Waals surface area contributed by atoms with Crippen molar-refractivity contribution in [1.29, 1.82) is 0 Å². The summed E-state index contributed by atoms with van der Waals surface area (Å²) in [4.78, 5) is 15.1. The number of piperidine rings is 1. The third-order valence-electron chi connectivity index (χ3n) is 7.67. The van der Waals surface area contributed by atoms with Crippen molar-refractivity contribution in [2.75, 3.05) is 19.6 Å². The highest BCUT2D eigenvalue weighted by Gasteiger charge is 2.47. The van der Waals surface area contributed by atoms with Crippen LogP contribution in [0.3, 0.4) is 0 Å². The lowest BCUT2D eigenvalue weighted by Crippen LogP contribution is -2.54. The molecule has 4 N–H and O–H groups in total. The van der Waals surface area contributed by atoms with Crippen molar-refractivity contribution >= 4 is 29.3 Å². The Morgan fingerprint density at radius 2 is 2.10 bits per heavy atom. The number of alkyl halides is 2. The van der Waals surface area contributed by atoms with Crippen molar-refractivity contribution in [3.8, 4) is 0 Å². The lowest BCUT2D eigenvalue weighted by Gasteiger charge is -2.37. The van der Waals surface area contributed by atoms with Crippen LogP contribution in [0.15, 0.2) is 0 Å². The van der Waals surface area contributed by atoms with Crippen molar-refractivity contribution in [2.24, 2.45) is 5.92 Å². The number of amides is 1. The van der Waals surface area contributed by atoms with E-state index in [-0.39, 0.29) is 29.4 Å². The van der Waals surface area contributed by atoms with Crippen LogP contribution in [0.25, 0.3) is 0 Å². The van der Waals surface area contributed by atoms with Gasteiger partial charge in [0.2, 0.25) is 5.91 Å². The number of thioether (sulfide) groups is 1. The number of nitrogens with one attached hydrogen (secondary N) is 3. The number of hydrogen-bond donors (Lipinski definition) is 4. The number of aliphatic hydroxyl groups is 1. The van der Waals surface area contributed by atoms with E-state index in [1.165, 1.54) is 0 Å². The topological polar surface area (TPSA) is 76.6 Å². The van der Waals surface area contributed by atoms with Gasteiger partial charge in [0.1, 0.15) is 11.7 Å². The number of rotatable bonds is 4. The van der Waals surface area contributed by atoms with Crippen LogP contribution in [0.2, 0.25) is 0 Å². The molecule has 0 bridgehead atoms. The van der Waals surface area contributed by atoms with Gasteiger partial charge in [-0.25, -0.2) is 4.39 Å². The predicted molar refractivity (Wildman–Crippen MR) is 113 cm³/mol. The molecule has 3 aliphatic heterocycles. The Bertz CT molecular complexity index is 624. The first-order chi connectivity index (χ1) is 13.9. The minimum absolute atomic E-state index is 0.138. The summed E-state index contributed by atoms with van der Waals surface area (Å²) in [7, 11) is 0. The van der Waals surface area contributed by atoms with E-state index in [1.54, 1.807) is 0 Å². The average Bonchev–Trinajstić information content (AvgIpc) is 3.27. The molecule has 5 aliphatic rings. The summed E-state index contributed by atoms with van der Waals surface area (Å²) in [5, 5.41) is 20.8. The average molecular weight is 447 g/mol. The number of likely N-dealkylation sites (tertiary alicyclic amines) is 1. The van der Waals surface area contributed by atoms with E-state index in [0.717, 1.165) is 45.2 Å². The zero-order valence-corrected chi connectivity index (χ0v) is 18.2. The van der Waals surface area contributed by atoms with Crippen molar-refractivity contribution in [1.82, 2.24) is 20.9 Å². The lowest BCUT2D eigenvalue weighted by atomic mass is 9.80. The molecule has 3 saturated heterocycles. The molecule has 0 radical (unpaired) electrons. The molecule has 164 valence electrons. The van der Waals surface area contributed by atoms with E-state index < -0.39 is 17.1 Å². The largest absolute Gasteiger partial charge is 0.389 e. The second-order valence-electron chi connectivity index (χ2n) is 9.68. The Kier molecular flexibility index (Phi) is 5.80. The van der Waals surface area contributed by atoms with Gasteiger partial charge < -0.3 is 15.3 Å². The Balaban J connectivity index is 1.12. The molecule has 9 heteroatoms. The molecule has 8 unspecified atom stereocenters. The zero-order valence-electron chi connectivity index (χ0n) is 16.7. The van der Waals surface area contributed by atoms with E-state index in [0.29, 0.717) is 30.7 Å². The maximum Gasteiger partial charge on any atom is 0.239 e. The van der Waals surface area contributed by atoms with Gasteiger partial charge in [-0.15, -0.1) is 23.4 Å². The van der Waals surface area contributed by atoms with E-state index in [1.807, 2.05) is 16.7 Å². The quantitative estimate of drug-likeness (QED) is 0.486. The van der Waals surface area contributed by atoms with Gasteiger partial charge in [-0.2, -0.15) is 0 Å². The molecule has 0 aromatic heterocycles.